The summed E-state index contributed by atoms with van der Waals surface area (Å²) in [4.78, 5) is 10.9. The number of hydrogen-bond acceptors (Lipinski definition) is 6. The summed E-state index contributed by atoms with van der Waals surface area (Å²) in [5.74, 6) is -0.314. The topological polar surface area (TPSA) is 91.0 Å². The molecule has 1 aromatic heterocycles. The van der Waals surface area contributed by atoms with Crippen LogP contribution in [0, 0.1) is 0 Å². The Kier molecular flexibility index (Phi) is 4.44. The fourth-order valence-electron chi connectivity index (χ4n) is 1.94. The number of carboxylic acid groups (broad SMARTS) is 1. The number of aromatic nitrogens is 1. The van der Waals surface area contributed by atoms with Crippen LogP contribution in [0.15, 0.2) is 22.7 Å². The van der Waals surface area contributed by atoms with Crippen LogP contribution in [0.25, 0.3) is 11.3 Å². The number of benzene rings is 1. The Bertz CT molecular complexity index is 649. The normalized spacial score (nSPS) is 10.4. The van der Waals surface area contributed by atoms with Gasteiger partial charge in [0.1, 0.15) is 17.2 Å². The molecule has 0 atom stereocenters. The van der Waals surface area contributed by atoms with Crippen molar-refractivity contribution in [3.63, 3.8) is 0 Å². The molecule has 0 radical (unpaired) electrons. The monoisotopic (exact) mass is 293 g/mol. The second-order valence-electron chi connectivity index (χ2n) is 4.18. The zero-order valence-corrected chi connectivity index (χ0v) is 11.9. The fourth-order valence-corrected chi connectivity index (χ4v) is 1.94. The number of carbonyl (C=O) groups is 1. The molecule has 0 saturated heterocycles. The molecular weight excluding hydrogens is 278 g/mol. The molecule has 0 saturated carbocycles. The van der Waals surface area contributed by atoms with Crippen molar-refractivity contribution in [2.24, 2.45) is 0 Å². The van der Waals surface area contributed by atoms with Gasteiger partial charge in [-0.3, -0.25) is 0 Å². The molecule has 0 aliphatic heterocycles. The number of methoxy groups -OCH3 is 3. The predicted molar refractivity (Wildman–Crippen MR) is 72.7 cm³/mol. The first-order valence-electron chi connectivity index (χ1n) is 6.05. The van der Waals surface area contributed by atoms with Crippen molar-refractivity contribution in [2.75, 3.05) is 21.3 Å². The van der Waals surface area contributed by atoms with E-state index in [0.717, 1.165) is 5.56 Å². The molecule has 112 valence electrons. The predicted octanol–water partition coefficient (Wildman–Crippen LogP) is 2.20. The number of aromatic carboxylic acids is 1. The molecule has 7 nitrogen and oxygen atoms in total. The lowest BCUT2D eigenvalue weighted by Gasteiger charge is -2.13. The van der Waals surface area contributed by atoms with E-state index < -0.39 is 5.97 Å². The minimum atomic E-state index is -1.18. The average Bonchev–Trinajstić information content (AvgIpc) is 2.97. The van der Waals surface area contributed by atoms with Crippen LogP contribution in [0.5, 0.6) is 11.5 Å². The van der Waals surface area contributed by atoms with Gasteiger partial charge in [0.2, 0.25) is 5.76 Å². The van der Waals surface area contributed by atoms with Crippen molar-refractivity contribution < 1.29 is 28.6 Å². The summed E-state index contributed by atoms with van der Waals surface area (Å²) in [6.45, 7) is 0.337. The second-order valence-corrected chi connectivity index (χ2v) is 4.18. The Morgan fingerprint density at radius 3 is 2.43 bits per heavy atom. The molecule has 0 spiro atoms. The van der Waals surface area contributed by atoms with Crippen molar-refractivity contribution in [1.29, 1.82) is 0 Å². The van der Waals surface area contributed by atoms with E-state index in [4.69, 9.17) is 23.8 Å². The van der Waals surface area contributed by atoms with Crippen LogP contribution in [0.2, 0.25) is 0 Å². The second kappa shape index (κ2) is 6.27. The first kappa shape index (κ1) is 14.9. The lowest BCUT2D eigenvalue weighted by atomic mass is 10.1. The van der Waals surface area contributed by atoms with Gasteiger partial charge in [-0.25, -0.2) is 4.79 Å². The molecule has 1 heterocycles. The SMILES string of the molecule is COCc1cc(-c2cc(C(=O)O)on2)c(OC)cc1OC. The van der Waals surface area contributed by atoms with Crippen molar-refractivity contribution in [3.8, 4) is 22.8 Å². The van der Waals surface area contributed by atoms with Crippen LogP contribution in [-0.2, 0) is 11.3 Å². The molecule has 1 aromatic carbocycles. The maximum Gasteiger partial charge on any atom is 0.374 e. The highest BCUT2D eigenvalue weighted by Gasteiger charge is 2.18. The summed E-state index contributed by atoms with van der Waals surface area (Å²) in [5.41, 5.74) is 1.75. The number of carboxylic acids is 1. The van der Waals surface area contributed by atoms with Gasteiger partial charge >= 0.3 is 5.97 Å². The van der Waals surface area contributed by atoms with Crippen molar-refractivity contribution >= 4 is 5.97 Å². The number of ether oxygens (including phenoxy) is 3. The van der Waals surface area contributed by atoms with Gasteiger partial charge in [0.15, 0.2) is 0 Å². The van der Waals surface area contributed by atoms with Crippen LogP contribution in [0.1, 0.15) is 16.1 Å². The summed E-state index contributed by atoms with van der Waals surface area (Å²) in [6.07, 6.45) is 0. The van der Waals surface area contributed by atoms with E-state index in [0.29, 0.717) is 29.4 Å². The lowest BCUT2D eigenvalue weighted by Crippen LogP contribution is -1.97. The molecule has 0 bridgehead atoms. The third-order valence-corrected chi connectivity index (χ3v) is 2.90. The highest BCUT2D eigenvalue weighted by molar-refractivity contribution is 5.86. The van der Waals surface area contributed by atoms with Crippen molar-refractivity contribution in [2.45, 2.75) is 6.61 Å². The highest BCUT2D eigenvalue weighted by atomic mass is 16.5. The number of hydrogen-bond donors (Lipinski definition) is 1. The van der Waals surface area contributed by atoms with E-state index in [1.807, 2.05) is 0 Å². The Morgan fingerprint density at radius 1 is 1.19 bits per heavy atom. The smallest absolute Gasteiger partial charge is 0.374 e. The molecule has 2 aromatic rings. The summed E-state index contributed by atoms with van der Waals surface area (Å²) in [6, 6.07) is 4.80. The Labute approximate surface area is 121 Å². The van der Waals surface area contributed by atoms with Gasteiger partial charge < -0.3 is 23.8 Å². The number of nitrogens with zero attached hydrogens (tertiary/aromatic N) is 1. The zero-order valence-electron chi connectivity index (χ0n) is 11.9. The maximum absolute atomic E-state index is 10.9. The first-order chi connectivity index (χ1) is 10.1. The Morgan fingerprint density at radius 2 is 1.90 bits per heavy atom. The van der Waals surface area contributed by atoms with Gasteiger partial charge in [-0.2, -0.15) is 0 Å². The standard InChI is InChI=1S/C14H15NO6/c1-18-7-8-4-9(12(20-3)6-11(8)19-2)10-5-13(14(16)17)21-15-10/h4-6H,7H2,1-3H3,(H,16,17). The Hall–Kier alpha value is -2.54. The van der Waals surface area contributed by atoms with E-state index in [1.165, 1.54) is 13.2 Å². The van der Waals surface area contributed by atoms with Gasteiger partial charge in [-0.1, -0.05) is 5.16 Å². The van der Waals surface area contributed by atoms with Crippen LogP contribution in [-0.4, -0.2) is 37.6 Å². The molecule has 0 aliphatic carbocycles. The zero-order chi connectivity index (χ0) is 15.4. The molecule has 0 aliphatic rings. The van der Waals surface area contributed by atoms with E-state index in [-0.39, 0.29) is 5.76 Å². The maximum atomic E-state index is 10.9. The van der Waals surface area contributed by atoms with Gasteiger partial charge in [-0.15, -0.1) is 0 Å². The largest absolute Gasteiger partial charge is 0.496 e. The van der Waals surface area contributed by atoms with Crippen LogP contribution in [0.3, 0.4) is 0 Å². The van der Waals surface area contributed by atoms with E-state index in [9.17, 15) is 4.79 Å². The van der Waals surface area contributed by atoms with Crippen LogP contribution >= 0.6 is 0 Å². The van der Waals surface area contributed by atoms with Crippen molar-refractivity contribution in [1.82, 2.24) is 5.16 Å². The summed E-state index contributed by atoms with van der Waals surface area (Å²) in [5, 5.41) is 12.6. The first-order valence-corrected chi connectivity index (χ1v) is 6.05. The van der Waals surface area contributed by atoms with Crippen LogP contribution < -0.4 is 9.47 Å². The van der Waals surface area contributed by atoms with E-state index >= 15 is 0 Å². The molecule has 1 N–H and O–H groups in total. The molecule has 0 amide bonds. The fraction of sp³-hybridized carbons (Fsp3) is 0.286. The van der Waals surface area contributed by atoms with Gasteiger partial charge in [-0.05, 0) is 6.07 Å². The molecule has 0 fully saturated rings. The number of rotatable bonds is 6. The third-order valence-electron chi connectivity index (χ3n) is 2.90. The van der Waals surface area contributed by atoms with Gasteiger partial charge in [0.05, 0.1) is 20.8 Å². The van der Waals surface area contributed by atoms with E-state index in [2.05, 4.69) is 5.16 Å². The van der Waals surface area contributed by atoms with Gasteiger partial charge in [0, 0.05) is 30.4 Å². The summed E-state index contributed by atoms with van der Waals surface area (Å²) >= 11 is 0. The molecule has 7 heteroatoms. The Balaban J connectivity index is 2.54. The molecule has 0 unspecified atom stereocenters. The van der Waals surface area contributed by atoms with E-state index in [1.54, 1.807) is 26.4 Å². The lowest BCUT2D eigenvalue weighted by molar-refractivity contribution is 0.0652. The average molecular weight is 293 g/mol. The minimum Gasteiger partial charge on any atom is -0.496 e. The third kappa shape index (κ3) is 2.97. The van der Waals surface area contributed by atoms with Gasteiger partial charge in [0.25, 0.3) is 0 Å². The molecule has 21 heavy (non-hydrogen) atoms. The molecule has 2 rings (SSSR count). The summed E-state index contributed by atoms with van der Waals surface area (Å²) in [7, 11) is 4.63. The minimum absolute atomic E-state index is 0.240. The molecular formula is C14H15NO6. The quantitative estimate of drug-likeness (QED) is 0.872. The van der Waals surface area contributed by atoms with Crippen molar-refractivity contribution in [3.05, 3.63) is 29.5 Å². The highest BCUT2D eigenvalue weighted by Crippen LogP contribution is 2.36. The van der Waals surface area contributed by atoms with Crippen LogP contribution in [0.4, 0.5) is 0 Å². The summed E-state index contributed by atoms with van der Waals surface area (Å²) < 4.78 is 20.5.